The van der Waals surface area contributed by atoms with Gasteiger partial charge in [-0.1, -0.05) is 24.3 Å². The number of hydrogen-bond donors (Lipinski definition) is 1. The maximum atomic E-state index is 11.4. The minimum atomic E-state index is -0.373. The zero-order valence-corrected chi connectivity index (χ0v) is 11.4. The highest BCUT2D eigenvalue weighted by Gasteiger charge is 2.18. The van der Waals surface area contributed by atoms with E-state index in [4.69, 9.17) is 5.73 Å². The Bertz CT molecular complexity index is 761. The van der Waals surface area contributed by atoms with Crippen molar-refractivity contribution in [2.24, 2.45) is 15.7 Å². The van der Waals surface area contributed by atoms with Gasteiger partial charge in [-0.2, -0.15) is 0 Å². The van der Waals surface area contributed by atoms with Crippen LogP contribution in [0.25, 0.3) is 0 Å². The van der Waals surface area contributed by atoms with Crippen LogP contribution >= 0.6 is 0 Å². The third-order valence-electron chi connectivity index (χ3n) is 3.19. The molecule has 0 aliphatic carbocycles. The summed E-state index contributed by atoms with van der Waals surface area (Å²) in [5.41, 5.74) is 8.86. The standard InChI is InChI=1S/C16H13N3O2/c1-21-16(20)10-6-8-11(9-7-10)18-15-13-5-3-2-4-12(13)14(17)19-15/h2-9H,1H3,(H2,17,18,19). The van der Waals surface area contributed by atoms with Gasteiger partial charge in [-0.25, -0.2) is 14.8 Å². The zero-order chi connectivity index (χ0) is 14.8. The molecule has 0 aromatic heterocycles. The van der Waals surface area contributed by atoms with E-state index in [1.807, 2.05) is 24.3 Å². The van der Waals surface area contributed by atoms with Crippen molar-refractivity contribution in [1.82, 2.24) is 0 Å². The number of methoxy groups -OCH3 is 1. The number of benzene rings is 2. The third-order valence-corrected chi connectivity index (χ3v) is 3.19. The molecule has 1 aliphatic rings. The van der Waals surface area contributed by atoms with Crippen LogP contribution in [-0.4, -0.2) is 24.8 Å². The predicted octanol–water partition coefficient (Wildman–Crippen LogP) is 2.27. The van der Waals surface area contributed by atoms with E-state index in [1.54, 1.807) is 24.3 Å². The second-order valence-electron chi connectivity index (χ2n) is 4.52. The first-order valence-electron chi connectivity index (χ1n) is 6.40. The largest absolute Gasteiger partial charge is 0.465 e. The lowest BCUT2D eigenvalue weighted by molar-refractivity contribution is 0.0601. The molecule has 0 saturated heterocycles. The average Bonchev–Trinajstić information content (AvgIpc) is 2.84. The summed E-state index contributed by atoms with van der Waals surface area (Å²) in [6.45, 7) is 0. The molecule has 3 rings (SSSR count). The Hall–Kier alpha value is -2.95. The van der Waals surface area contributed by atoms with Crippen LogP contribution in [0.2, 0.25) is 0 Å². The van der Waals surface area contributed by atoms with Gasteiger partial charge >= 0.3 is 5.97 Å². The zero-order valence-electron chi connectivity index (χ0n) is 11.4. The van der Waals surface area contributed by atoms with Gasteiger partial charge < -0.3 is 10.5 Å². The molecule has 0 spiro atoms. The van der Waals surface area contributed by atoms with Crippen LogP contribution in [0.3, 0.4) is 0 Å². The molecule has 0 amide bonds. The number of nitrogens with zero attached hydrogens (tertiary/aromatic N) is 2. The minimum Gasteiger partial charge on any atom is -0.465 e. The highest BCUT2D eigenvalue weighted by Crippen LogP contribution is 2.21. The number of nitrogens with two attached hydrogens (primary N) is 1. The van der Waals surface area contributed by atoms with E-state index in [1.165, 1.54) is 7.11 Å². The van der Waals surface area contributed by atoms with Crippen molar-refractivity contribution >= 4 is 23.3 Å². The smallest absolute Gasteiger partial charge is 0.337 e. The van der Waals surface area contributed by atoms with Crippen LogP contribution in [0, 0.1) is 0 Å². The molecule has 0 saturated carbocycles. The maximum Gasteiger partial charge on any atom is 0.337 e. The minimum absolute atomic E-state index is 0.373. The summed E-state index contributed by atoms with van der Waals surface area (Å²) in [7, 11) is 1.35. The highest BCUT2D eigenvalue weighted by atomic mass is 16.5. The van der Waals surface area contributed by atoms with Gasteiger partial charge in [0.1, 0.15) is 5.84 Å². The van der Waals surface area contributed by atoms with Crippen LogP contribution < -0.4 is 5.73 Å². The van der Waals surface area contributed by atoms with Crippen LogP contribution in [0.1, 0.15) is 21.5 Å². The molecule has 2 N–H and O–H groups in total. The Balaban J connectivity index is 1.95. The molecular formula is C16H13N3O2. The number of carbonyl (C=O) groups is 1. The van der Waals surface area contributed by atoms with Gasteiger partial charge in [0.05, 0.1) is 18.4 Å². The molecule has 0 atom stereocenters. The van der Waals surface area contributed by atoms with Gasteiger partial charge in [-0.15, -0.1) is 0 Å². The van der Waals surface area contributed by atoms with Crippen molar-refractivity contribution in [1.29, 1.82) is 0 Å². The Morgan fingerprint density at radius 1 is 1.10 bits per heavy atom. The average molecular weight is 279 g/mol. The van der Waals surface area contributed by atoms with E-state index in [2.05, 4.69) is 14.7 Å². The monoisotopic (exact) mass is 279 g/mol. The second kappa shape index (κ2) is 5.20. The molecule has 0 bridgehead atoms. The lowest BCUT2D eigenvalue weighted by atomic mass is 10.1. The van der Waals surface area contributed by atoms with Crippen LogP contribution in [0.5, 0.6) is 0 Å². The molecule has 104 valence electrons. The van der Waals surface area contributed by atoms with Crippen LogP contribution in [0.15, 0.2) is 58.5 Å². The number of aliphatic imine (C=N–C) groups is 2. The van der Waals surface area contributed by atoms with E-state index in [-0.39, 0.29) is 5.97 Å². The Morgan fingerprint density at radius 2 is 1.76 bits per heavy atom. The first kappa shape index (κ1) is 13.1. The fourth-order valence-corrected chi connectivity index (χ4v) is 2.13. The molecule has 5 nitrogen and oxygen atoms in total. The van der Waals surface area contributed by atoms with Crippen LogP contribution in [-0.2, 0) is 4.74 Å². The first-order valence-corrected chi connectivity index (χ1v) is 6.40. The molecule has 0 radical (unpaired) electrons. The number of esters is 1. The molecule has 0 fully saturated rings. The molecule has 5 heteroatoms. The van der Waals surface area contributed by atoms with Gasteiger partial charge in [0.25, 0.3) is 0 Å². The van der Waals surface area contributed by atoms with Crippen molar-refractivity contribution in [3.63, 3.8) is 0 Å². The maximum absolute atomic E-state index is 11.4. The van der Waals surface area contributed by atoms with Crippen molar-refractivity contribution in [2.75, 3.05) is 7.11 Å². The number of amidine groups is 2. The Labute approximate surface area is 121 Å². The topological polar surface area (TPSA) is 77.0 Å². The van der Waals surface area contributed by atoms with Crippen molar-refractivity contribution < 1.29 is 9.53 Å². The summed E-state index contributed by atoms with van der Waals surface area (Å²) < 4.78 is 4.66. The lowest BCUT2D eigenvalue weighted by Crippen LogP contribution is -2.09. The number of ether oxygens (including phenoxy) is 1. The van der Waals surface area contributed by atoms with Crippen molar-refractivity contribution in [3.05, 3.63) is 65.2 Å². The normalized spacial score (nSPS) is 14.7. The molecule has 0 unspecified atom stereocenters. The van der Waals surface area contributed by atoms with Gasteiger partial charge in [0.15, 0.2) is 5.84 Å². The molecule has 1 heterocycles. The molecule has 2 aromatic carbocycles. The molecule has 21 heavy (non-hydrogen) atoms. The summed E-state index contributed by atoms with van der Waals surface area (Å²) in [4.78, 5) is 20.1. The first-order chi connectivity index (χ1) is 10.2. The number of rotatable bonds is 2. The predicted molar refractivity (Wildman–Crippen MR) is 81.1 cm³/mol. The summed E-state index contributed by atoms with van der Waals surface area (Å²) in [6.07, 6.45) is 0. The summed E-state index contributed by atoms with van der Waals surface area (Å²) in [6, 6.07) is 14.5. The number of fused-ring (bicyclic) bond motifs is 1. The summed E-state index contributed by atoms with van der Waals surface area (Å²) >= 11 is 0. The van der Waals surface area contributed by atoms with E-state index >= 15 is 0 Å². The van der Waals surface area contributed by atoms with E-state index in [9.17, 15) is 4.79 Å². The Kier molecular flexibility index (Phi) is 3.23. The molecule has 1 aliphatic heterocycles. The fraction of sp³-hybridized carbons (Fsp3) is 0.0625. The van der Waals surface area contributed by atoms with E-state index in [0.29, 0.717) is 22.9 Å². The van der Waals surface area contributed by atoms with Gasteiger partial charge in [0.2, 0.25) is 0 Å². The lowest BCUT2D eigenvalue weighted by Gasteiger charge is -2.01. The summed E-state index contributed by atoms with van der Waals surface area (Å²) in [5.74, 6) is 0.673. The van der Waals surface area contributed by atoms with Gasteiger partial charge in [0, 0.05) is 11.1 Å². The SMILES string of the molecule is COC(=O)c1ccc(N=C2N=C(N)c3ccccc32)cc1. The van der Waals surface area contributed by atoms with Gasteiger partial charge in [-0.3, -0.25) is 0 Å². The van der Waals surface area contributed by atoms with E-state index < -0.39 is 0 Å². The number of hydrogen-bond acceptors (Lipinski definition) is 4. The van der Waals surface area contributed by atoms with Crippen LogP contribution in [0.4, 0.5) is 5.69 Å². The molecule has 2 aromatic rings. The fourth-order valence-electron chi connectivity index (χ4n) is 2.13. The van der Waals surface area contributed by atoms with Crippen molar-refractivity contribution in [2.45, 2.75) is 0 Å². The van der Waals surface area contributed by atoms with Gasteiger partial charge in [-0.05, 0) is 24.3 Å². The molecular weight excluding hydrogens is 266 g/mol. The summed E-state index contributed by atoms with van der Waals surface area (Å²) in [5, 5.41) is 0. The highest BCUT2D eigenvalue weighted by molar-refractivity contribution is 6.22. The number of carbonyl (C=O) groups excluding carboxylic acids is 1. The Morgan fingerprint density at radius 3 is 2.43 bits per heavy atom. The third kappa shape index (κ3) is 2.41. The second-order valence-corrected chi connectivity index (χ2v) is 4.52. The quantitative estimate of drug-likeness (QED) is 0.857. The van der Waals surface area contributed by atoms with Crippen molar-refractivity contribution in [3.8, 4) is 0 Å². The van der Waals surface area contributed by atoms with E-state index in [0.717, 1.165) is 11.1 Å².